The third-order valence-electron chi connectivity index (χ3n) is 3.28. The molecule has 0 aliphatic heterocycles. The lowest BCUT2D eigenvalue weighted by Gasteiger charge is -2.15. The van der Waals surface area contributed by atoms with E-state index in [2.05, 4.69) is 38.1 Å². The number of aryl methyl sites for hydroxylation is 2. The van der Waals surface area contributed by atoms with E-state index in [4.69, 9.17) is 10.5 Å². The van der Waals surface area contributed by atoms with Crippen LogP contribution in [0.25, 0.3) is 0 Å². The van der Waals surface area contributed by atoms with Crippen molar-refractivity contribution in [1.82, 2.24) is 0 Å². The molecule has 19 heavy (non-hydrogen) atoms. The smallest absolute Gasteiger partial charge is 0.123 e. The fraction of sp³-hybridized carbons (Fsp3) is 0.375. The van der Waals surface area contributed by atoms with Gasteiger partial charge in [0.2, 0.25) is 0 Å². The van der Waals surface area contributed by atoms with Crippen LogP contribution in [0.1, 0.15) is 33.8 Å². The Hall–Kier alpha value is -1.32. The maximum atomic E-state index is 6.33. The van der Waals surface area contributed by atoms with Crippen molar-refractivity contribution in [3.05, 3.63) is 51.2 Å². The first-order chi connectivity index (χ1) is 9.13. The van der Waals surface area contributed by atoms with Crippen LogP contribution in [-0.2, 0) is 12.8 Å². The molecule has 0 saturated carbocycles. The molecule has 3 heteroatoms. The molecule has 1 aromatic heterocycles. The normalized spacial score (nSPS) is 12.4. The van der Waals surface area contributed by atoms with Crippen molar-refractivity contribution in [2.75, 3.05) is 7.11 Å². The van der Waals surface area contributed by atoms with Gasteiger partial charge in [-0.15, -0.1) is 11.3 Å². The molecular weight excluding hydrogens is 254 g/mol. The van der Waals surface area contributed by atoms with Gasteiger partial charge < -0.3 is 10.5 Å². The molecule has 0 spiro atoms. The largest absolute Gasteiger partial charge is 0.496 e. The van der Waals surface area contributed by atoms with Gasteiger partial charge in [0, 0.05) is 27.8 Å². The molecule has 0 aliphatic carbocycles. The Kier molecular flexibility index (Phi) is 4.61. The minimum atomic E-state index is -0.0149. The van der Waals surface area contributed by atoms with E-state index in [9.17, 15) is 0 Å². The van der Waals surface area contributed by atoms with Crippen LogP contribution >= 0.6 is 11.3 Å². The number of benzene rings is 1. The number of thiophene rings is 1. The lowest BCUT2D eigenvalue weighted by molar-refractivity contribution is 0.405. The Bertz CT molecular complexity index is 547. The Morgan fingerprint density at radius 3 is 2.58 bits per heavy atom. The van der Waals surface area contributed by atoms with E-state index in [0.29, 0.717) is 0 Å². The van der Waals surface area contributed by atoms with Crippen molar-refractivity contribution < 1.29 is 4.74 Å². The van der Waals surface area contributed by atoms with E-state index in [-0.39, 0.29) is 6.04 Å². The van der Waals surface area contributed by atoms with Gasteiger partial charge in [-0.2, -0.15) is 0 Å². The van der Waals surface area contributed by atoms with Gasteiger partial charge >= 0.3 is 0 Å². The molecule has 102 valence electrons. The predicted molar refractivity (Wildman–Crippen MR) is 82.1 cm³/mol. The number of ether oxygens (including phenoxy) is 1. The van der Waals surface area contributed by atoms with Gasteiger partial charge in [0.05, 0.1) is 7.11 Å². The summed E-state index contributed by atoms with van der Waals surface area (Å²) in [5.74, 6) is 0.889. The summed E-state index contributed by atoms with van der Waals surface area (Å²) in [6.07, 6.45) is 1.96. The monoisotopic (exact) mass is 275 g/mol. The molecule has 0 saturated heterocycles. The first-order valence-electron chi connectivity index (χ1n) is 6.61. The highest BCUT2D eigenvalue weighted by molar-refractivity contribution is 7.11. The topological polar surface area (TPSA) is 35.2 Å². The van der Waals surface area contributed by atoms with E-state index in [1.807, 2.05) is 17.4 Å². The van der Waals surface area contributed by atoms with Crippen molar-refractivity contribution >= 4 is 11.3 Å². The molecule has 1 unspecified atom stereocenters. The molecular formula is C16H21NOS. The molecule has 2 rings (SSSR count). The highest BCUT2D eigenvalue weighted by atomic mass is 32.1. The van der Waals surface area contributed by atoms with Crippen LogP contribution in [0.2, 0.25) is 0 Å². The van der Waals surface area contributed by atoms with E-state index < -0.39 is 0 Å². The van der Waals surface area contributed by atoms with Crippen molar-refractivity contribution in [3.8, 4) is 5.75 Å². The summed E-state index contributed by atoms with van der Waals surface area (Å²) in [6.45, 7) is 4.24. The summed E-state index contributed by atoms with van der Waals surface area (Å²) in [6, 6.07) is 10.6. The van der Waals surface area contributed by atoms with Crippen molar-refractivity contribution in [2.45, 2.75) is 32.7 Å². The fourth-order valence-corrected chi connectivity index (χ4v) is 3.19. The minimum Gasteiger partial charge on any atom is -0.496 e. The van der Waals surface area contributed by atoms with E-state index in [1.54, 1.807) is 7.11 Å². The number of methoxy groups -OCH3 is 1. The summed E-state index contributed by atoms with van der Waals surface area (Å²) in [7, 11) is 1.70. The van der Waals surface area contributed by atoms with Crippen LogP contribution in [0.15, 0.2) is 30.3 Å². The molecule has 1 aromatic carbocycles. The Balaban J connectivity index is 2.17. The Morgan fingerprint density at radius 2 is 1.95 bits per heavy atom. The molecule has 1 heterocycles. The molecule has 0 amide bonds. The van der Waals surface area contributed by atoms with Gasteiger partial charge in [0.25, 0.3) is 0 Å². The average molecular weight is 275 g/mol. The molecule has 1 atom stereocenters. The summed E-state index contributed by atoms with van der Waals surface area (Å²) < 4.78 is 5.43. The van der Waals surface area contributed by atoms with Crippen molar-refractivity contribution in [2.24, 2.45) is 5.73 Å². The van der Waals surface area contributed by atoms with Crippen LogP contribution in [0.4, 0.5) is 0 Å². The van der Waals surface area contributed by atoms with E-state index in [1.165, 1.54) is 15.3 Å². The second-order valence-corrected chi connectivity index (χ2v) is 6.03. The zero-order valence-electron chi connectivity index (χ0n) is 11.8. The summed E-state index contributed by atoms with van der Waals surface area (Å²) in [4.78, 5) is 2.75. The third-order valence-corrected chi connectivity index (χ3v) is 4.53. The average Bonchev–Trinajstić information content (AvgIpc) is 2.86. The number of hydrogen-bond donors (Lipinski definition) is 1. The summed E-state index contributed by atoms with van der Waals surface area (Å²) in [5, 5.41) is 0. The third kappa shape index (κ3) is 3.37. The first kappa shape index (κ1) is 14.1. The number of nitrogens with two attached hydrogens (primary N) is 1. The van der Waals surface area contributed by atoms with Crippen molar-refractivity contribution in [1.29, 1.82) is 0 Å². The molecule has 0 bridgehead atoms. The lowest BCUT2D eigenvalue weighted by atomic mass is 10.0. The SMILES string of the molecule is CCc1ccc(CC(N)c2ccc(C)cc2OC)s1. The predicted octanol–water partition coefficient (Wildman–Crippen LogP) is 3.87. The quantitative estimate of drug-likeness (QED) is 0.899. The molecule has 0 radical (unpaired) electrons. The van der Waals surface area contributed by atoms with Crippen LogP contribution < -0.4 is 10.5 Å². The lowest BCUT2D eigenvalue weighted by Crippen LogP contribution is -2.14. The second-order valence-electron chi connectivity index (χ2n) is 4.78. The number of hydrogen-bond acceptors (Lipinski definition) is 3. The van der Waals surface area contributed by atoms with E-state index >= 15 is 0 Å². The molecule has 2 nitrogen and oxygen atoms in total. The van der Waals surface area contributed by atoms with Crippen LogP contribution in [0.5, 0.6) is 5.75 Å². The fourth-order valence-electron chi connectivity index (χ4n) is 2.17. The van der Waals surface area contributed by atoms with Crippen LogP contribution in [0, 0.1) is 6.92 Å². The van der Waals surface area contributed by atoms with Gasteiger partial charge in [-0.1, -0.05) is 19.1 Å². The molecule has 2 aromatic rings. The van der Waals surface area contributed by atoms with Gasteiger partial charge in [-0.25, -0.2) is 0 Å². The summed E-state index contributed by atoms with van der Waals surface area (Å²) in [5.41, 5.74) is 8.61. The summed E-state index contributed by atoms with van der Waals surface area (Å²) >= 11 is 1.85. The standard InChI is InChI=1S/C16H21NOS/c1-4-12-6-7-13(19-12)10-15(17)14-8-5-11(2)9-16(14)18-3/h5-9,15H,4,10,17H2,1-3H3. The van der Waals surface area contributed by atoms with E-state index in [0.717, 1.165) is 24.2 Å². The van der Waals surface area contributed by atoms with Crippen LogP contribution in [0.3, 0.4) is 0 Å². The van der Waals surface area contributed by atoms with Crippen LogP contribution in [-0.4, -0.2) is 7.11 Å². The maximum absolute atomic E-state index is 6.33. The van der Waals surface area contributed by atoms with Gasteiger partial charge in [0.1, 0.15) is 5.75 Å². The second kappa shape index (κ2) is 6.22. The maximum Gasteiger partial charge on any atom is 0.123 e. The zero-order valence-corrected chi connectivity index (χ0v) is 12.6. The highest BCUT2D eigenvalue weighted by Crippen LogP contribution is 2.29. The zero-order chi connectivity index (χ0) is 13.8. The minimum absolute atomic E-state index is 0.0149. The highest BCUT2D eigenvalue weighted by Gasteiger charge is 2.13. The molecule has 2 N–H and O–H groups in total. The van der Waals surface area contributed by atoms with Gasteiger partial charge in [-0.05, 0) is 37.1 Å². The van der Waals surface area contributed by atoms with Gasteiger partial charge in [-0.3, -0.25) is 0 Å². The van der Waals surface area contributed by atoms with Gasteiger partial charge in [0.15, 0.2) is 0 Å². The molecule has 0 fully saturated rings. The Labute approximate surface area is 119 Å². The first-order valence-corrected chi connectivity index (χ1v) is 7.43. The Morgan fingerprint density at radius 1 is 1.21 bits per heavy atom. The number of rotatable bonds is 5. The molecule has 0 aliphatic rings. The van der Waals surface area contributed by atoms with Crippen molar-refractivity contribution in [3.63, 3.8) is 0 Å².